The zero-order valence-corrected chi connectivity index (χ0v) is 8.03. The summed E-state index contributed by atoms with van der Waals surface area (Å²) in [6, 6.07) is 0.254. The number of hydrogen-bond donors (Lipinski definition) is 1. The van der Waals surface area contributed by atoms with E-state index in [1.54, 1.807) is 0 Å². The Balaban J connectivity index is 2.23. The first-order valence-corrected chi connectivity index (χ1v) is 4.69. The highest BCUT2D eigenvalue weighted by Gasteiger charge is 2.23. The van der Waals surface area contributed by atoms with Gasteiger partial charge >= 0.3 is 5.97 Å². The zero-order valence-electron chi connectivity index (χ0n) is 8.03. The van der Waals surface area contributed by atoms with Crippen molar-refractivity contribution in [2.45, 2.75) is 25.3 Å². The van der Waals surface area contributed by atoms with E-state index in [0.717, 1.165) is 19.4 Å². The number of esters is 1. The predicted molar refractivity (Wildman–Crippen MR) is 48.3 cm³/mol. The lowest BCUT2D eigenvalue weighted by molar-refractivity contribution is -0.141. The molecule has 1 fully saturated rings. The van der Waals surface area contributed by atoms with Gasteiger partial charge in [-0.2, -0.15) is 0 Å². The molecule has 1 saturated heterocycles. The lowest BCUT2D eigenvalue weighted by atomic mass is 10.2. The molecule has 1 aliphatic heterocycles. The van der Waals surface area contributed by atoms with Crippen molar-refractivity contribution < 1.29 is 14.6 Å². The fourth-order valence-electron chi connectivity index (χ4n) is 1.73. The summed E-state index contributed by atoms with van der Waals surface area (Å²) in [4.78, 5) is 13.0. The van der Waals surface area contributed by atoms with Crippen molar-refractivity contribution in [1.29, 1.82) is 0 Å². The van der Waals surface area contributed by atoms with Gasteiger partial charge in [0.2, 0.25) is 0 Å². The normalized spacial score (nSPS) is 23.4. The van der Waals surface area contributed by atoms with Crippen LogP contribution in [0.25, 0.3) is 0 Å². The van der Waals surface area contributed by atoms with Gasteiger partial charge in [-0.25, -0.2) is 0 Å². The van der Waals surface area contributed by atoms with Crippen LogP contribution in [0, 0.1) is 0 Å². The van der Waals surface area contributed by atoms with E-state index in [9.17, 15) is 4.79 Å². The molecule has 13 heavy (non-hydrogen) atoms. The smallest absolute Gasteiger partial charge is 0.306 e. The van der Waals surface area contributed by atoms with Crippen molar-refractivity contribution in [2.75, 3.05) is 26.8 Å². The Morgan fingerprint density at radius 3 is 3.08 bits per heavy atom. The van der Waals surface area contributed by atoms with Gasteiger partial charge in [-0.1, -0.05) is 0 Å². The molecule has 0 bridgehead atoms. The third-order valence-corrected chi connectivity index (χ3v) is 2.54. The van der Waals surface area contributed by atoms with E-state index in [-0.39, 0.29) is 18.6 Å². The van der Waals surface area contributed by atoms with Crippen LogP contribution in [0.3, 0.4) is 0 Å². The third-order valence-electron chi connectivity index (χ3n) is 2.54. The molecule has 0 aliphatic carbocycles. The molecule has 0 aromatic carbocycles. The Kier molecular flexibility index (Phi) is 4.18. The summed E-state index contributed by atoms with van der Waals surface area (Å²) in [5.41, 5.74) is 0. The highest BCUT2D eigenvalue weighted by Crippen LogP contribution is 2.16. The second kappa shape index (κ2) is 5.19. The van der Waals surface area contributed by atoms with E-state index in [4.69, 9.17) is 5.11 Å². The summed E-state index contributed by atoms with van der Waals surface area (Å²) in [7, 11) is 1.40. The minimum absolute atomic E-state index is 0.177. The molecule has 0 amide bonds. The Bertz CT molecular complexity index is 172. The van der Waals surface area contributed by atoms with Crippen molar-refractivity contribution in [3.63, 3.8) is 0 Å². The van der Waals surface area contributed by atoms with Gasteiger partial charge in [0.05, 0.1) is 20.1 Å². The Morgan fingerprint density at radius 2 is 2.46 bits per heavy atom. The molecule has 4 heteroatoms. The highest BCUT2D eigenvalue weighted by atomic mass is 16.5. The number of rotatable bonds is 4. The van der Waals surface area contributed by atoms with Crippen molar-refractivity contribution >= 4 is 5.97 Å². The number of hydrogen-bond acceptors (Lipinski definition) is 4. The second-order valence-electron chi connectivity index (χ2n) is 3.34. The van der Waals surface area contributed by atoms with E-state index < -0.39 is 0 Å². The molecule has 0 aromatic rings. The van der Waals surface area contributed by atoms with Crippen molar-refractivity contribution in [3.8, 4) is 0 Å². The standard InChI is InChI=1S/C9H17NO3/c1-13-9(12)4-6-10-5-2-3-8(10)7-11/h8,11H,2-7H2,1H3/t8-/m1/s1. The average molecular weight is 187 g/mol. The summed E-state index contributed by atoms with van der Waals surface area (Å²) in [5.74, 6) is -0.177. The van der Waals surface area contributed by atoms with Crippen molar-refractivity contribution in [2.24, 2.45) is 0 Å². The number of aliphatic hydroxyl groups excluding tert-OH is 1. The van der Waals surface area contributed by atoms with E-state index in [1.807, 2.05) is 0 Å². The molecule has 1 atom stereocenters. The minimum atomic E-state index is -0.177. The first-order valence-electron chi connectivity index (χ1n) is 4.69. The molecule has 1 rings (SSSR count). The fraction of sp³-hybridized carbons (Fsp3) is 0.889. The minimum Gasteiger partial charge on any atom is -0.469 e. The molecule has 4 nitrogen and oxygen atoms in total. The summed E-state index contributed by atoms with van der Waals surface area (Å²) in [6.07, 6.45) is 2.58. The monoisotopic (exact) mass is 187 g/mol. The molecule has 1 heterocycles. The number of carbonyl (C=O) groups is 1. The van der Waals surface area contributed by atoms with E-state index in [1.165, 1.54) is 7.11 Å². The molecule has 0 unspecified atom stereocenters. The maximum atomic E-state index is 10.9. The molecular formula is C9H17NO3. The summed E-state index contributed by atoms with van der Waals surface area (Å²) >= 11 is 0. The van der Waals surface area contributed by atoms with Crippen LogP contribution in [0.4, 0.5) is 0 Å². The summed E-state index contributed by atoms with van der Waals surface area (Å²) in [5, 5.41) is 9.00. The number of likely N-dealkylation sites (tertiary alicyclic amines) is 1. The predicted octanol–water partition coefficient (Wildman–Crippen LogP) is 0.00620. The Labute approximate surface area is 78.5 Å². The molecular weight excluding hydrogens is 170 g/mol. The van der Waals surface area contributed by atoms with Crippen LogP contribution in [0.5, 0.6) is 0 Å². The van der Waals surface area contributed by atoms with Crippen LogP contribution >= 0.6 is 0 Å². The van der Waals surface area contributed by atoms with Gasteiger partial charge in [0.1, 0.15) is 0 Å². The van der Waals surface area contributed by atoms with E-state index in [2.05, 4.69) is 9.64 Å². The van der Waals surface area contributed by atoms with Crippen molar-refractivity contribution in [1.82, 2.24) is 4.90 Å². The maximum Gasteiger partial charge on any atom is 0.306 e. The van der Waals surface area contributed by atoms with Crippen LogP contribution in [-0.4, -0.2) is 48.8 Å². The van der Waals surface area contributed by atoms with Gasteiger partial charge in [-0.3, -0.25) is 9.69 Å². The summed E-state index contributed by atoms with van der Waals surface area (Å²) < 4.78 is 4.55. The van der Waals surface area contributed by atoms with Crippen LogP contribution in [-0.2, 0) is 9.53 Å². The molecule has 76 valence electrons. The average Bonchev–Trinajstić information content (AvgIpc) is 2.61. The number of carbonyl (C=O) groups excluding carboxylic acids is 1. The molecule has 0 aromatic heterocycles. The van der Waals surface area contributed by atoms with Gasteiger partial charge in [0.15, 0.2) is 0 Å². The number of nitrogens with zero attached hydrogens (tertiary/aromatic N) is 1. The van der Waals surface area contributed by atoms with E-state index >= 15 is 0 Å². The first kappa shape index (κ1) is 10.5. The zero-order chi connectivity index (χ0) is 9.68. The SMILES string of the molecule is COC(=O)CCN1CCC[C@@H]1CO. The van der Waals surface area contributed by atoms with Gasteiger partial charge in [0.25, 0.3) is 0 Å². The number of methoxy groups -OCH3 is 1. The van der Waals surface area contributed by atoms with Crippen LogP contribution in [0.1, 0.15) is 19.3 Å². The summed E-state index contributed by atoms with van der Waals surface area (Å²) in [6.45, 7) is 1.89. The molecule has 0 radical (unpaired) electrons. The fourth-order valence-corrected chi connectivity index (χ4v) is 1.73. The second-order valence-corrected chi connectivity index (χ2v) is 3.34. The first-order chi connectivity index (χ1) is 6.27. The van der Waals surface area contributed by atoms with Gasteiger partial charge < -0.3 is 9.84 Å². The van der Waals surface area contributed by atoms with Crippen LogP contribution < -0.4 is 0 Å². The van der Waals surface area contributed by atoms with E-state index in [0.29, 0.717) is 13.0 Å². The van der Waals surface area contributed by atoms with Crippen molar-refractivity contribution in [3.05, 3.63) is 0 Å². The maximum absolute atomic E-state index is 10.9. The topological polar surface area (TPSA) is 49.8 Å². The Morgan fingerprint density at radius 1 is 1.69 bits per heavy atom. The lowest BCUT2D eigenvalue weighted by Crippen LogP contribution is -2.34. The van der Waals surface area contributed by atoms with Crippen LogP contribution in [0.15, 0.2) is 0 Å². The van der Waals surface area contributed by atoms with Gasteiger partial charge in [-0.05, 0) is 19.4 Å². The largest absolute Gasteiger partial charge is 0.469 e. The highest BCUT2D eigenvalue weighted by molar-refractivity contribution is 5.69. The van der Waals surface area contributed by atoms with Gasteiger partial charge in [0, 0.05) is 12.6 Å². The van der Waals surface area contributed by atoms with Crippen LogP contribution in [0.2, 0.25) is 0 Å². The Hall–Kier alpha value is -0.610. The lowest BCUT2D eigenvalue weighted by Gasteiger charge is -2.21. The number of ether oxygens (including phenoxy) is 1. The molecule has 0 saturated carbocycles. The third kappa shape index (κ3) is 2.97. The van der Waals surface area contributed by atoms with Gasteiger partial charge in [-0.15, -0.1) is 0 Å². The molecule has 1 aliphatic rings. The molecule has 0 spiro atoms. The quantitative estimate of drug-likeness (QED) is 0.630. The molecule has 1 N–H and O–H groups in total. The number of aliphatic hydroxyl groups is 1.